The molecule has 4 rings (SSSR count). The number of rotatable bonds is 2. The normalized spacial score (nSPS) is 16.1. The second-order valence-corrected chi connectivity index (χ2v) is 6.04. The van der Waals surface area contributed by atoms with Gasteiger partial charge in [0.05, 0.1) is 5.69 Å². The molecular weight excluding hydrogens is 344 g/mol. The standard InChI is InChI=1S/C21H14N2O4/c24-16-10-8-15(9-11-16)23-20(26)18(19(25)22-21(23)27)12-14-6-3-5-13-4-1-2-7-17(13)14/h1-12,24H,(H,22,25,27)/b18-12+. The first-order valence-corrected chi connectivity index (χ1v) is 8.23. The summed E-state index contributed by atoms with van der Waals surface area (Å²) in [6, 6.07) is 17.9. The maximum Gasteiger partial charge on any atom is 0.335 e. The molecule has 6 heteroatoms. The van der Waals surface area contributed by atoms with Gasteiger partial charge in [-0.25, -0.2) is 9.69 Å². The monoisotopic (exact) mass is 358 g/mol. The van der Waals surface area contributed by atoms with E-state index in [9.17, 15) is 19.5 Å². The number of phenols is 1. The van der Waals surface area contributed by atoms with Gasteiger partial charge < -0.3 is 5.11 Å². The molecule has 1 aliphatic rings. The Morgan fingerprint density at radius 2 is 1.56 bits per heavy atom. The molecule has 4 amide bonds. The maximum atomic E-state index is 12.9. The van der Waals surface area contributed by atoms with Gasteiger partial charge in [-0.15, -0.1) is 0 Å². The van der Waals surface area contributed by atoms with Crippen molar-refractivity contribution in [1.82, 2.24) is 5.32 Å². The van der Waals surface area contributed by atoms with Crippen LogP contribution in [0, 0.1) is 0 Å². The Bertz CT molecular complexity index is 1110. The molecule has 0 bridgehead atoms. The Kier molecular flexibility index (Phi) is 3.93. The van der Waals surface area contributed by atoms with Crippen molar-refractivity contribution in [2.45, 2.75) is 0 Å². The fraction of sp³-hybridized carbons (Fsp3) is 0. The van der Waals surface area contributed by atoms with Crippen LogP contribution in [0.3, 0.4) is 0 Å². The van der Waals surface area contributed by atoms with Gasteiger partial charge in [0.15, 0.2) is 0 Å². The Labute approximate surface area is 154 Å². The van der Waals surface area contributed by atoms with Gasteiger partial charge in [0.1, 0.15) is 11.3 Å². The zero-order chi connectivity index (χ0) is 19.0. The average Bonchev–Trinajstić information content (AvgIpc) is 2.66. The SMILES string of the molecule is O=C1NC(=O)N(c2ccc(O)cc2)C(=O)/C1=C/c1cccc2ccccc12. The van der Waals surface area contributed by atoms with Crippen LogP contribution >= 0.6 is 0 Å². The van der Waals surface area contributed by atoms with Gasteiger partial charge in [0.2, 0.25) is 0 Å². The van der Waals surface area contributed by atoms with Crippen molar-refractivity contribution in [1.29, 1.82) is 0 Å². The molecule has 2 N–H and O–H groups in total. The summed E-state index contributed by atoms with van der Waals surface area (Å²) in [4.78, 5) is 38.3. The van der Waals surface area contributed by atoms with Crippen LogP contribution < -0.4 is 10.2 Å². The minimum Gasteiger partial charge on any atom is -0.508 e. The average molecular weight is 358 g/mol. The molecule has 3 aromatic rings. The second-order valence-electron chi connectivity index (χ2n) is 6.04. The Hall–Kier alpha value is -3.93. The zero-order valence-corrected chi connectivity index (χ0v) is 14.0. The molecule has 1 fully saturated rings. The molecular formula is C21H14N2O4. The summed E-state index contributed by atoms with van der Waals surface area (Å²) in [5.74, 6) is -1.46. The van der Waals surface area contributed by atoms with Crippen LogP contribution in [-0.4, -0.2) is 23.0 Å². The summed E-state index contributed by atoms with van der Waals surface area (Å²) >= 11 is 0. The van der Waals surface area contributed by atoms with E-state index in [1.807, 2.05) is 36.4 Å². The topological polar surface area (TPSA) is 86.7 Å². The van der Waals surface area contributed by atoms with Crippen molar-refractivity contribution in [2.75, 3.05) is 4.90 Å². The molecule has 0 atom stereocenters. The highest BCUT2D eigenvalue weighted by Gasteiger charge is 2.36. The van der Waals surface area contributed by atoms with Gasteiger partial charge in [-0.3, -0.25) is 14.9 Å². The Balaban J connectivity index is 1.80. The molecule has 0 radical (unpaired) electrons. The summed E-state index contributed by atoms with van der Waals surface area (Å²) in [6.07, 6.45) is 1.49. The molecule has 0 spiro atoms. The molecule has 6 nitrogen and oxygen atoms in total. The van der Waals surface area contributed by atoms with Crippen molar-refractivity contribution in [2.24, 2.45) is 0 Å². The minimum atomic E-state index is -0.828. The smallest absolute Gasteiger partial charge is 0.335 e. The molecule has 0 unspecified atom stereocenters. The number of carbonyl (C=O) groups excluding carboxylic acids is 3. The lowest BCUT2D eigenvalue weighted by molar-refractivity contribution is -0.122. The number of urea groups is 1. The van der Waals surface area contributed by atoms with Crippen LogP contribution in [-0.2, 0) is 9.59 Å². The highest BCUT2D eigenvalue weighted by atomic mass is 16.3. The predicted octanol–water partition coefficient (Wildman–Crippen LogP) is 3.21. The lowest BCUT2D eigenvalue weighted by atomic mass is 10.0. The first-order valence-electron chi connectivity index (χ1n) is 8.23. The van der Waals surface area contributed by atoms with E-state index in [1.54, 1.807) is 6.07 Å². The molecule has 1 heterocycles. The van der Waals surface area contributed by atoms with Crippen molar-refractivity contribution < 1.29 is 19.5 Å². The molecule has 1 aliphatic heterocycles. The van der Waals surface area contributed by atoms with Crippen molar-refractivity contribution in [3.8, 4) is 5.75 Å². The third-order valence-corrected chi connectivity index (χ3v) is 4.33. The predicted molar refractivity (Wildman–Crippen MR) is 101 cm³/mol. The molecule has 3 aromatic carbocycles. The number of imide groups is 2. The third kappa shape index (κ3) is 2.93. The fourth-order valence-corrected chi connectivity index (χ4v) is 3.03. The number of barbiturate groups is 1. The summed E-state index contributed by atoms with van der Waals surface area (Å²) in [7, 11) is 0. The van der Waals surface area contributed by atoms with Crippen LogP contribution in [0.4, 0.5) is 10.5 Å². The first-order chi connectivity index (χ1) is 13.0. The minimum absolute atomic E-state index is 0.00575. The van der Waals surface area contributed by atoms with Gasteiger partial charge in [-0.2, -0.15) is 0 Å². The van der Waals surface area contributed by atoms with Crippen molar-refractivity contribution in [3.63, 3.8) is 0 Å². The number of carbonyl (C=O) groups is 3. The van der Waals surface area contributed by atoms with Crippen LogP contribution in [0.25, 0.3) is 16.8 Å². The van der Waals surface area contributed by atoms with Crippen molar-refractivity contribution >= 4 is 40.4 Å². The van der Waals surface area contributed by atoms with Gasteiger partial charge in [-0.05, 0) is 46.7 Å². The van der Waals surface area contributed by atoms with E-state index in [2.05, 4.69) is 5.32 Å². The Morgan fingerprint density at radius 3 is 2.33 bits per heavy atom. The van der Waals surface area contributed by atoms with Crippen molar-refractivity contribution in [3.05, 3.63) is 77.9 Å². The lowest BCUT2D eigenvalue weighted by Crippen LogP contribution is -2.54. The summed E-state index contributed by atoms with van der Waals surface area (Å²) in [6.45, 7) is 0. The van der Waals surface area contributed by atoms with Gasteiger partial charge in [0, 0.05) is 0 Å². The van der Waals surface area contributed by atoms with E-state index in [1.165, 1.54) is 30.3 Å². The van der Waals surface area contributed by atoms with E-state index in [0.29, 0.717) is 5.56 Å². The highest BCUT2D eigenvalue weighted by Crippen LogP contribution is 2.26. The lowest BCUT2D eigenvalue weighted by Gasteiger charge is -2.26. The molecule has 0 saturated carbocycles. The van der Waals surface area contributed by atoms with Gasteiger partial charge in [0.25, 0.3) is 11.8 Å². The van der Waals surface area contributed by atoms with Crippen LogP contribution in [0.2, 0.25) is 0 Å². The fourth-order valence-electron chi connectivity index (χ4n) is 3.03. The molecule has 1 saturated heterocycles. The Morgan fingerprint density at radius 1 is 0.852 bits per heavy atom. The second kappa shape index (κ2) is 6.42. The quantitative estimate of drug-likeness (QED) is 0.544. The number of aromatic hydroxyl groups is 1. The largest absolute Gasteiger partial charge is 0.508 e. The molecule has 0 aliphatic carbocycles. The van der Waals surface area contributed by atoms with Crippen LogP contribution in [0.15, 0.2) is 72.3 Å². The van der Waals surface area contributed by atoms with E-state index < -0.39 is 17.8 Å². The number of hydrogen-bond acceptors (Lipinski definition) is 4. The number of phenolic OH excluding ortho intramolecular Hbond substituents is 1. The number of amides is 4. The molecule has 0 aromatic heterocycles. The van der Waals surface area contributed by atoms with Crippen LogP contribution in [0.1, 0.15) is 5.56 Å². The number of benzene rings is 3. The van der Waals surface area contributed by atoms with Gasteiger partial charge >= 0.3 is 6.03 Å². The van der Waals surface area contributed by atoms with Gasteiger partial charge in [-0.1, -0.05) is 42.5 Å². The zero-order valence-electron chi connectivity index (χ0n) is 14.0. The number of hydrogen-bond donors (Lipinski definition) is 2. The maximum absolute atomic E-state index is 12.9. The summed E-state index contributed by atoms with van der Waals surface area (Å²) in [5, 5.41) is 13.5. The third-order valence-electron chi connectivity index (χ3n) is 4.33. The molecule has 132 valence electrons. The summed E-state index contributed by atoms with van der Waals surface area (Å²) < 4.78 is 0. The highest BCUT2D eigenvalue weighted by molar-refractivity contribution is 6.39. The van der Waals surface area contributed by atoms with E-state index >= 15 is 0 Å². The number of nitrogens with one attached hydrogen (secondary N) is 1. The number of nitrogens with zero attached hydrogens (tertiary/aromatic N) is 1. The number of fused-ring (bicyclic) bond motifs is 1. The first kappa shape index (κ1) is 16.5. The molecule has 27 heavy (non-hydrogen) atoms. The number of anilines is 1. The van der Waals surface area contributed by atoms with E-state index in [-0.39, 0.29) is 17.0 Å². The van der Waals surface area contributed by atoms with Crippen LogP contribution in [0.5, 0.6) is 5.75 Å². The van der Waals surface area contributed by atoms with E-state index in [4.69, 9.17) is 0 Å². The van der Waals surface area contributed by atoms with E-state index in [0.717, 1.165) is 15.7 Å². The summed E-state index contributed by atoms with van der Waals surface area (Å²) in [5.41, 5.74) is 0.817.